The molecule has 1 heterocycles. The normalized spacial score (nSPS) is 19.0. The van der Waals surface area contributed by atoms with E-state index in [1.807, 2.05) is 16.9 Å². The van der Waals surface area contributed by atoms with Crippen LogP contribution in [0.3, 0.4) is 0 Å². The molecule has 3 nitrogen and oxygen atoms in total. The molecule has 1 aliphatic rings. The number of Topliss-reactive ketones (excluding diaryl/α,β-unsaturated/α-hetero) is 1. The number of hydrogen-bond donors (Lipinski definition) is 0. The Labute approximate surface area is 58.7 Å². The molecule has 0 aliphatic heterocycles. The molecule has 0 spiro atoms. The summed E-state index contributed by atoms with van der Waals surface area (Å²) in [6.45, 7) is 0. The number of carbonyl (C=O) groups is 1. The van der Waals surface area contributed by atoms with Crippen molar-refractivity contribution in [1.82, 2.24) is 9.78 Å². The predicted octanol–water partition coefficient (Wildman–Crippen LogP) is 0.787. The summed E-state index contributed by atoms with van der Waals surface area (Å²) >= 11 is 0. The highest BCUT2D eigenvalue weighted by molar-refractivity contribution is 5.85. The molecule has 0 bridgehead atoms. The topological polar surface area (TPSA) is 34.9 Å². The summed E-state index contributed by atoms with van der Waals surface area (Å²) in [5.41, 5.74) is 0. The van der Waals surface area contributed by atoms with Crippen LogP contribution in [0.25, 0.3) is 0 Å². The molecular formula is C7H8N2O. The van der Waals surface area contributed by atoms with Crippen LogP contribution in [0.1, 0.15) is 18.9 Å². The fourth-order valence-corrected chi connectivity index (χ4v) is 1.15. The van der Waals surface area contributed by atoms with Gasteiger partial charge < -0.3 is 0 Å². The SMILES string of the molecule is O=C1CC(n2cccn2)C1. The van der Waals surface area contributed by atoms with Gasteiger partial charge in [-0.3, -0.25) is 9.48 Å². The minimum atomic E-state index is 0.348. The highest BCUT2D eigenvalue weighted by Gasteiger charge is 2.27. The van der Waals surface area contributed by atoms with Gasteiger partial charge in [-0.15, -0.1) is 0 Å². The van der Waals surface area contributed by atoms with E-state index in [1.54, 1.807) is 6.20 Å². The van der Waals surface area contributed by atoms with Gasteiger partial charge in [0.25, 0.3) is 0 Å². The molecule has 1 aromatic heterocycles. The van der Waals surface area contributed by atoms with Crippen LogP contribution in [0.5, 0.6) is 0 Å². The summed E-state index contributed by atoms with van der Waals surface area (Å²) in [6.07, 6.45) is 4.98. The van der Waals surface area contributed by atoms with E-state index in [2.05, 4.69) is 5.10 Å². The van der Waals surface area contributed by atoms with Gasteiger partial charge in [0.05, 0.1) is 6.04 Å². The van der Waals surface area contributed by atoms with Crippen LogP contribution in [-0.4, -0.2) is 15.6 Å². The van der Waals surface area contributed by atoms with Gasteiger partial charge in [0.2, 0.25) is 0 Å². The lowest BCUT2D eigenvalue weighted by Crippen LogP contribution is -2.26. The molecular weight excluding hydrogens is 128 g/mol. The maximum Gasteiger partial charge on any atom is 0.137 e. The monoisotopic (exact) mass is 136 g/mol. The third-order valence-electron chi connectivity index (χ3n) is 1.83. The number of aromatic nitrogens is 2. The Morgan fingerprint density at radius 3 is 2.90 bits per heavy atom. The lowest BCUT2D eigenvalue weighted by atomic mass is 9.92. The quantitative estimate of drug-likeness (QED) is 0.572. The van der Waals surface area contributed by atoms with Crippen molar-refractivity contribution in [3.8, 4) is 0 Å². The summed E-state index contributed by atoms with van der Waals surface area (Å²) in [6, 6.07) is 2.23. The van der Waals surface area contributed by atoms with Crippen molar-refractivity contribution in [2.24, 2.45) is 0 Å². The van der Waals surface area contributed by atoms with Gasteiger partial charge in [-0.2, -0.15) is 5.10 Å². The molecule has 1 aliphatic carbocycles. The van der Waals surface area contributed by atoms with Gasteiger partial charge in [-0.25, -0.2) is 0 Å². The first kappa shape index (κ1) is 5.65. The van der Waals surface area contributed by atoms with E-state index >= 15 is 0 Å². The minimum absolute atomic E-state index is 0.348. The van der Waals surface area contributed by atoms with Crippen molar-refractivity contribution < 1.29 is 4.79 Å². The standard InChI is InChI=1S/C7H8N2O/c10-7-4-6(5-7)9-3-1-2-8-9/h1-3,6H,4-5H2. The second-order valence-electron chi connectivity index (χ2n) is 2.59. The first-order valence-corrected chi connectivity index (χ1v) is 3.37. The van der Waals surface area contributed by atoms with Gasteiger partial charge in [-0.05, 0) is 6.07 Å². The van der Waals surface area contributed by atoms with Crippen LogP contribution in [0.15, 0.2) is 18.5 Å². The molecule has 0 unspecified atom stereocenters. The fraction of sp³-hybridized carbons (Fsp3) is 0.429. The molecule has 0 N–H and O–H groups in total. The zero-order valence-corrected chi connectivity index (χ0v) is 5.53. The molecule has 2 rings (SSSR count). The van der Waals surface area contributed by atoms with Crippen LogP contribution < -0.4 is 0 Å². The molecule has 52 valence electrons. The Kier molecular flexibility index (Phi) is 1.09. The maximum absolute atomic E-state index is 10.6. The highest BCUT2D eigenvalue weighted by Crippen LogP contribution is 2.26. The highest BCUT2D eigenvalue weighted by atomic mass is 16.1. The average molecular weight is 136 g/mol. The molecule has 3 heteroatoms. The largest absolute Gasteiger partial charge is 0.300 e. The molecule has 0 amide bonds. The van der Waals surface area contributed by atoms with Crippen molar-refractivity contribution in [1.29, 1.82) is 0 Å². The number of nitrogens with zero attached hydrogens (tertiary/aromatic N) is 2. The summed E-state index contributed by atoms with van der Waals surface area (Å²) in [7, 11) is 0. The summed E-state index contributed by atoms with van der Waals surface area (Å²) < 4.78 is 1.85. The number of hydrogen-bond acceptors (Lipinski definition) is 2. The van der Waals surface area contributed by atoms with Gasteiger partial charge >= 0.3 is 0 Å². The van der Waals surface area contributed by atoms with Crippen LogP contribution >= 0.6 is 0 Å². The Bertz CT molecular complexity index is 232. The predicted molar refractivity (Wildman–Crippen MR) is 35.5 cm³/mol. The number of rotatable bonds is 1. The molecule has 10 heavy (non-hydrogen) atoms. The second-order valence-corrected chi connectivity index (χ2v) is 2.59. The number of ketones is 1. The van der Waals surface area contributed by atoms with Crippen molar-refractivity contribution in [2.75, 3.05) is 0 Å². The Balaban J connectivity index is 2.10. The first-order valence-electron chi connectivity index (χ1n) is 3.37. The smallest absolute Gasteiger partial charge is 0.137 e. The van der Waals surface area contributed by atoms with Gasteiger partial charge in [-0.1, -0.05) is 0 Å². The third-order valence-corrected chi connectivity index (χ3v) is 1.83. The van der Waals surface area contributed by atoms with Crippen molar-refractivity contribution in [2.45, 2.75) is 18.9 Å². The van der Waals surface area contributed by atoms with E-state index in [0.717, 1.165) is 0 Å². The summed E-state index contributed by atoms with van der Waals surface area (Å²) in [5.74, 6) is 0.348. The average Bonchev–Trinajstić information content (AvgIpc) is 2.31. The molecule has 0 atom stereocenters. The van der Waals surface area contributed by atoms with E-state index < -0.39 is 0 Å². The minimum Gasteiger partial charge on any atom is -0.300 e. The van der Waals surface area contributed by atoms with E-state index in [1.165, 1.54) is 0 Å². The second kappa shape index (κ2) is 1.94. The summed E-state index contributed by atoms with van der Waals surface area (Å²) in [4.78, 5) is 10.6. The molecule has 1 aromatic rings. The maximum atomic E-state index is 10.6. The van der Waals surface area contributed by atoms with Crippen LogP contribution in [0.4, 0.5) is 0 Å². The van der Waals surface area contributed by atoms with Gasteiger partial charge in [0.15, 0.2) is 0 Å². The van der Waals surface area contributed by atoms with E-state index in [9.17, 15) is 4.79 Å². The van der Waals surface area contributed by atoms with Crippen molar-refractivity contribution in [3.63, 3.8) is 0 Å². The summed E-state index contributed by atoms with van der Waals surface area (Å²) in [5, 5.41) is 4.04. The zero-order valence-electron chi connectivity index (χ0n) is 5.53. The van der Waals surface area contributed by atoms with E-state index in [4.69, 9.17) is 0 Å². The molecule has 1 saturated carbocycles. The van der Waals surface area contributed by atoms with Crippen LogP contribution in [0, 0.1) is 0 Å². The molecule has 0 saturated heterocycles. The first-order chi connectivity index (χ1) is 4.86. The fourth-order valence-electron chi connectivity index (χ4n) is 1.15. The Morgan fingerprint density at radius 1 is 1.60 bits per heavy atom. The van der Waals surface area contributed by atoms with Gasteiger partial charge in [0, 0.05) is 25.2 Å². The van der Waals surface area contributed by atoms with Gasteiger partial charge in [0.1, 0.15) is 5.78 Å². The van der Waals surface area contributed by atoms with Crippen molar-refractivity contribution >= 4 is 5.78 Å². The molecule has 1 fully saturated rings. The van der Waals surface area contributed by atoms with E-state index in [-0.39, 0.29) is 0 Å². The molecule has 0 radical (unpaired) electrons. The number of carbonyl (C=O) groups excluding carboxylic acids is 1. The van der Waals surface area contributed by atoms with Crippen LogP contribution in [-0.2, 0) is 4.79 Å². The Hall–Kier alpha value is -1.12. The van der Waals surface area contributed by atoms with Crippen molar-refractivity contribution in [3.05, 3.63) is 18.5 Å². The van der Waals surface area contributed by atoms with E-state index in [0.29, 0.717) is 24.7 Å². The molecule has 0 aromatic carbocycles. The zero-order chi connectivity index (χ0) is 6.97. The lowest BCUT2D eigenvalue weighted by Gasteiger charge is -2.23. The lowest BCUT2D eigenvalue weighted by molar-refractivity contribution is -0.126. The Morgan fingerprint density at radius 2 is 2.40 bits per heavy atom. The third kappa shape index (κ3) is 0.744. The van der Waals surface area contributed by atoms with Crippen LogP contribution in [0.2, 0.25) is 0 Å².